The maximum absolute atomic E-state index is 12.4. The first-order valence-electron chi connectivity index (χ1n) is 8.63. The van der Waals surface area contributed by atoms with Crippen molar-refractivity contribution in [3.8, 4) is 0 Å². The monoisotopic (exact) mass is 328 g/mol. The van der Waals surface area contributed by atoms with Crippen molar-refractivity contribution in [1.29, 1.82) is 0 Å². The Morgan fingerprint density at radius 1 is 1.25 bits per heavy atom. The summed E-state index contributed by atoms with van der Waals surface area (Å²) in [7, 11) is 0. The van der Waals surface area contributed by atoms with E-state index < -0.39 is 12.1 Å². The summed E-state index contributed by atoms with van der Waals surface area (Å²) in [5, 5.41) is 3.83. The fourth-order valence-corrected chi connectivity index (χ4v) is 3.35. The molecule has 5 nitrogen and oxygen atoms in total. The zero-order chi connectivity index (χ0) is 17.1. The first-order chi connectivity index (χ1) is 11.6. The largest absolute Gasteiger partial charge is 0.449 e. The molecule has 0 radical (unpaired) electrons. The highest BCUT2D eigenvalue weighted by molar-refractivity contribution is 6.04. The summed E-state index contributed by atoms with van der Waals surface area (Å²) >= 11 is 0. The number of hydrogen-bond donors (Lipinski definition) is 2. The minimum Gasteiger partial charge on any atom is -0.449 e. The SMILES string of the molecule is C[C@@H]1CCCC[C@@H]1NC(=O)[C@@H](C)OC(=O)c1c[nH]c2ccccc12. The number of fused-ring (bicyclic) bond motifs is 1. The first-order valence-corrected chi connectivity index (χ1v) is 8.63. The van der Waals surface area contributed by atoms with Gasteiger partial charge in [0.2, 0.25) is 0 Å². The summed E-state index contributed by atoms with van der Waals surface area (Å²) in [6, 6.07) is 7.70. The second-order valence-electron chi connectivity index (χ2n) is 6.67. The Morgan fingerprint density at radius 2 is 2.00 bits per heavy atom. The predicted octanol–water partition coefficient (Wildman–Crippen LogP) is 3.41. The molecule has 1 aliphatic carbocycles. The van der Waals surface area contributed by atoms with Crippen LogP contribution in [0.15, 0.2) is 30.5 Å². The number of ether oxygens (including phenoxy) is 1. The zero-order valence-electron chi connectivity index (χ0n) is 14.2. The van der Waals surface area contributed by atoms with E-state index in [0.717, 1.165) is 30.2 Å². The van der Waals surface area contributed by atoms with Crippen molar-refractivity contribution >= 4 is 22.8 Å². The van der Waals surface area contributed by atoms with Crippen LogP contribution in [0.5, 0.6) is 0 Å². The molecule has 3 rings (SSSR count). The molecule has 2 N–H and O–H groups in total. The van der Waals surface area contributed by atoms with Crippen molar-refractivity contribution < 1.29 is 14.3 Å². The van der Waals surface area contributed by atoms with Crippen molar-refractivity contribution in [1.82, 2.24) is 10.3 Å². The zero-order valence-corrected chi connectivity index (χ0v) is 14.2. The second kappa shape index (κ2) is 7.07. The molecule has 0 unspecified atom stereocenters. The van der Waals surface area contributed by atoms with E-state index in [9.17, 15) is 9.59 Å². The van der Waals surface area contributed by atoms with E-state index in [4.69, 9.17) is 4.74 Å². The van der Waals surface area contributed by atoms with Crippen molar-refractivity contribution in [3.05, 3.63) is 36.0 Å². The normalized spacial score (nSPS) is 22.1. The molecule has 1 aromatic heterocycles. The molecule has 0 saturated heterocycles. The smallest absolute Gasteiger partial charge is 0.341 e. The molecule has 3 atom stereocenters. The summed E-state index contributed by atoms with van der Waals surface area (Å²) in [5.74, 6) is -0.229. The molecule has 0 spiro atoms. The standard InChI is InChI=1S/C19H24N2O3/c1-12-7-3-5-9-16(12)21-18(22)13(2)24-19(23)15-11-20-17-10-6-4-8-14(15)17/h4,6,8,10-13,16,20H,3,5,7,9H2,1-2H3,(H,21,22)/t12-,13-,16+/m1/s1. The van der Waals surface area contributed by atoms with Crippen LogP contribution in [0.3, 0.4) is 0 Å². The summed E-state index contributed by atoms with van der Waals surface area (Å²) in [6.45, 7) is 3.78. The van der Waals surface area contributed by atoms with Gasteiger partial charge in [0.25, 0.3) is 5.91 Å². The van der Waals surface area contributed by atoms with Gasteiger partial charge in [-0.15, -0.1) is 0 Å². The number of esters is 1. The van der Waals surface area contributed by atoms with Gasteiger partial charge in [-0.3, -0.25) is 4.79 Å². The van der Waals surface area contributed by atoms with E-state index in [2.05, 4.69) is 17.2 Å². The Balaban J connectivity index is 1.62. The number of aromatic amines is 1. The first kappa shape index (κ1) is 16.6. The summed E-state index contributed by atoms with van der Waals surface area (Å²) in [5.41, 5.74) is 1.33. The molecule has 1 aliphatic rings. The van der Waals surface area contributed by atoms with Gasteiger partial charge < -0.3 is 15.0 Å². The van der Waals surface area contributed by atoms with Crippen LogP contribution in [0.1, 0.15) is 49.9 Å². The molecule has 24 heavy (non-hydrogen) atoms. The number of rotatable bonds is 4. The van der Waals surface area contributed by atoms with Gasteiger partial charge in [0, 0.05) is 23.1 Å². The number of nitrogens with one attached hydrogen (secondary N) is 2. The Hall–Kier alpha value is -2.30. The lowest BCUT2D eigenvalue weighted by Gasteiger charge is -2.30. The van der Waals surface area contributed by atoms with Gasteiger partial charge in [0.05, 0.1) is 5.56 Å². The number of aromatic nitrogens is 1. The molecule has 1 heterocycles. The van der Waals surface area contributed by atoms with E-state index in [0.29, 0.717) is 11.5 Å². The van der Waals surface area contributed by atoms with Crippen molar-refractivity contribution in [2.24, 2.45) is 5.92 Å². The predicted molar refractivity (Wildman–Crippen MR) is 92.7 cm³/mol. The number of para-hydroxylation sites is 1. The molecule has 1 fully saturated rings. The van der Waals surface area contributed by atoms with Crippen LogP contribution in [0.4, 0.5) is 0 Å². The van der Waals surface area contributed by atoms with Gasteiger partial charge in [0.1, 0.15) is 0 Å². The number of hydrogen-bond acceptors (Lipinski definition) is 3. The molecule has 1 aromatic carbocycles. The molecular formula is C19H24N2O3. The van der Waals surface area contributed by atoms with Crippen molar-refractivity contribution in [2.45, 2.75) is 51.7 Å². The fourth-order valence-electron chi connectivity index (χ4n) is 3.35. The quantitative estimate of drug-likeness (QED) is 0.845. The lowest BCUT2D eigenvalue weighted by molar-refractivity contribution is -0.130. The molecule has 0 bridgehead atoms. The molecular weight excluding hydrogens is 304 g/mol. The van der Waals surface area contributed by atoms with Crippen LogP contribution in [-0.4, -0.2) is 29.0 Å². The Bertz CT molecular complexity index is 737. The summed E-state index contributed by atoms with van der Waals surface area (Å²) in [6.07, 6.45) is 5.31. The van der Waals surface area contributed by atoms with E-state index >= 15 is 0 Å². The van der Waals surface area contributed by atoms with Gasteiger partial charge in [-0.05, 0) is 31.7 Å². The van der Waals surface area contributed by atoms with Crippen molar-refractivity contribution in [2.75, 3.05) is 0 Å². The Labute approximate surface area is 141 Å². The molecule has 0 aliphatic heterocycles. The third-order valence-electron chi connectivity index (χ3n) is 4.90. The Morgan fingerprint density at radius 3 is 2.79 bits per heavy atom. The number of benzene rings is 1. The molecule has 5 heteroatoms. The maximum atomic E-state index is 12.4. The third kappa shape index (κ3) is 3.45. The molecule has 2 aromatic rings. The number of carbonyl (C=O) groups is 2. The highest BCUT2D eigenvalue weighted by Crippen LogP contribution is 2.24. The number of H-pyrrole nitrogens is 1. The van der Waals surface area contributed by atoms with Crippen molar-refractivity contribution in [3.63, 3.8) is 0 Å². The molecule has 1 saturated carbocycles. The van der Waals surface area contributed by atoms with Gasteiger partial charge in [-0.1, -0.05) is 38.0 Å². The summed E-state index contributed by atoms with van der Waals surface area (Å²) in [4.78, 5) is 27.7. The second-order valence-corrected chi connectivity index (χ2v) is 6.67. The topological polar surface area (TPSA) is 71.2 Å². The summed E-state index contributed by atoms with van der Waals surface area (Å²) < 4.78 is 5.37. The minimum absolute atomic E-state index is 0.181. The highest BCUT2D eigenvalue weighted by atomic mass is 16.5. The van der Waals surface area contributed by atoms with Crippen LogP contribution in [0.25, 0.3) is 10.9 Å². The lowest BCUT2D eigenvalue weighted by atomic mass is 9.86. The average Bonchev–Trinajstić information content (AvgIpc) is 3.01. The highest BCUT2D eigenvalue weighted by Gasteiger charge is 2.27. The van der Waals surface area contributed by atoms with Crippen LogP contribution in [0, 0.1) is 5.92 Å². The van der Waals surface area contributed by atoms with E-state index in [-0.39, 0.29) is 11.9 Å². The lowest BCUT2D eigenvalue weighted by Crippen LogP contribution is -2.45. The fraction of sp³-hybridized carbons (Fsp3) is 0.474. The number of amides is 1. The van der Waals surface area contributed by atoms with Crippen LogP contribution in [-0.2, 0) is 9.53 Å². The van der Waals surface area contributed by atoms with Gasteiger partial charge in [-0.2, -0.15) is 0 Å². The molecule has 128 valence electrons. The van der Waals surface area contributed by atoms with Gasteiger partial charge in [-0.25, -0.2) is 4.79 Å². The van der Waals surface area contributed by atoms with Gasteiger partial charge >= 0.3 is 5.97 Å². The van der Waals surface area contributed by atoms with E-state index in [1.807, 2.05) is 24.3 Å². The van der Waals surface area contributed by atoms with Crippen LogP contribution >= 0.6 is 0 Å². The van der Waals surface area contributed by atoms with E-state index in [1.54, 1.807) is 13.1 Å². The number of carbonyl (C=O) groups excluding carboxylic acids is 2. The van der Waals surface area contributed by atoms with Gasteiger partial charge in [0.15, 0.2) is 6.10 Å². The third-order valence-corrected chi connectivity index (χ3v) is 4.90. The maximum Gasteiger partial charge on any atom is 0.341 e. The average molecular weight is 328 g/mol. The van der Waals surface area contributed by atoms with Crippen LogP contribution in [0.2, 0.25) is 0 Å². The molecule has 1 amide bonds. The van der Waals surface area contributed by atoms with Crippen LogP contribution < -0.4 is 5.32 Å². The van der Waals surface area contributed by atoms with E-state index in [1.165, 1.54) is 6.42 Å². The Kier molecular flexibility index (Phi) is 4.88. The minimum atomic E-state index is -0.805.